The molecule has 33 heavy (non-hydrogen) atoms. The van der Waals surface area contributed by atoms with Gasteiger partial charge in [-0.3, -0.25) is 4.68 Å². The van der Waals surface area contributed by atoms with Crippen molar-refractivity contribution in [2.24, 2.45) is 7.05 Å². The minimum absolute atomic E-state index is 0. The summed E-state index contributed by atoms with van der Waals surface area (Å²) in [5.41, 5.74) is 4.60. The molecule has 0 aliphatic carbocycles. The number of carbonyl (C=O) groups is 1. The number of aliphatic hydroxyl groups excluding tert-OH is 2. The zero-order valence-electron chi connectivity index (χ0n) is 19.5. The number of rotatable bonds is 8. The first-order valence-corrected chi connectivity index (χ1v) is 10.5. The van der Waals surface area contributed by atoms with Gasteiger partial charge >= 0.3 is 29.6 Å². The fourth-order valence-corrected chi connectivity index (χ4v) is 3.87. The van der Waals surface area contributed by atoms with Crippen molar-refractivity contribution in [1.29, 1.82) is 0 Å². The number of aromatic nitrogens is 3. The summed E-state index contributed by atoms with van der Waals surface area (Å²) in [5.74, 6) is -1.69. The minimum atomic E-state index is -1.38. The van der Waals surface area contributed by atoms with Gasteiger partial charge in [-0.15, -0.1) is 0 Å². The summed E-state index contributed by atoms with van der Waals surface area (Å²) in [6.07, 6.45) is 0.244. The molecule has 0 aliphatic heterocycles. The van der Waals surface area contributed by atoms with Crippen LogP contribution in [0.5, 0.6) is 0 Å². The molecule has 0 spiro atoms. The predicted molar refractivity (Wildman–Crippen MR) is 118 cm³/mol. The van der Waals surface area contributed by atoms with Crippen molar-refractivity contribution in [2.45, 2.75) is 51.7 Å². The number of benzene rings is 1. The van der Waals surface area contributed by atoms with E-state index in [1.165, 1.54) is 18.2 Å². The Balaban J connectivity index is 0.00000385. The molecule has 3 aromatic rings. The predicted octanol–water partition coefficient (Wildman–Crippen LogP) is -0.525. The molecule has 9 heteroatoms. The van der Waals surface area contributed by atoms with Crippen molar-refractivity contribution in [1.82, 2.24) is 14.8 Å². The number of hydrogen-bond acceptors (Lipinski definition) is 6. The topological polar surface area (TPSA) is 111 Å². The Hall–Kier alpha value is -2.10. The van der Waals surface area contributed by atoms with Crippen molar-refractivity contribution in [2.75, 3.05) is 0 Å². The van der Waals surface area contributed by atoms with Crippen molar-refractivity contribution < 1.29 is 54.1 Å². The smallest absolute Gasteiger partial charge is 0.550 e. The molecule has 0 saturated carbocycles. The van der Waals surface area contributed by atoms with Crippen LogP contribution in [0.2, 0.25) is 0 Å². The summed E-state index contributed by atoms with van der Waals surface area (Å²) in [6, 6.07) is 6.16. The van der Waals surface area contributed by atoms with Gasteiger partial charge in [0.1, 0.15) is 5.82 Å². The zero-order chi connectivity index (χ0) is 23.6. The third-order valence-corrected chi connectivity index (χ3v) is 5.29. The largest absolute Gasteiger partial charge is 1.00 e. The van der Waals surface area contributed by atoms with Gasteiger partial charge in [0.05, 0.1) is 29.0 Å². The average molecular weight is 463 g/mol. The van der Waals surface area contributed by atoms with Crippen LogP contribution in [-0.4, -0.2) is 43.2 Å². The van der Waals surface area contributed by atoms with Crippen molar-refractivity contribution in [3.63, 3.8) is 0 Å². The maximum Gasteiger partial charge on any atom is 1.00 e. The molecule has 2 unspecified atom stereocenters. The number of fused-ring (bicyclic) bond motifs is 1. The molecule has 0 amide bonds. The molecule has 3 rings (SSSR count). The standard InChI is InChI=1S/C24H28FN3O4.Na/c1-13(2)23-19(10-9-17(29)11-18(30)12-20(31)32)22(15-5-7-16(25)8-6-15)21-14(3)27-28(4)24(21)26-23;/h5-10,13,17-18,29-30H,11-12H2,1-4H3,(H,31,32);/q;+1/p-1/b10-9+;. The molecular formula is C24H27FN3NaO4. The molecule has 0 bridgehead atoms. The Morgan fingerprint density at radius 1 is 1.24 bits per heavy atom. The third-order valence-electron chi connectivity index (χ3n) is 5.29. The maximum absolute atomic E-state index is 13.6. The van der Waals surface area contributed by atoms with Crippen LogP contribution in [0.4, 0.5) is 4.39 Å². The molecule has 2 heterocycles. The summed E-state index contributed by atoms with van der Waals surface area (Å²) in [4.78, 5) is 15.5. The van der Waals surface area contributed by atoms with Crippen LogP contribution in [-0.2, 0) is 11.8 Å². The Morgan fingerprint density at radius 3 is 2.45 bits per heavy atom. The van der Waals surface area contributed by atoms with Crippen molar-refractivity contribution >= 4 is 23.1 Å². The fourth-order valence-electron chi connectivity index (χ4n) is 3.87. The molecule has 0 fully saturated rings. The van der Waals surface area contributed by atoms with Crippen LogP contribution < -0.4 is 34.7 Å². The monoisotopic (exact) mass is 463 g/mol. The van der Waals surface area contributed by atoms with Crippen molar-refractivity contribution in [3.05, 3.63) is 53.1 Å². The van der Waals surface area contributed by atoms with E-state index in [9.17, 15) is 24.5 Å². The summed E-state index contributed by atoms with van der Waals surface area (Å²) in [6.45, 7) is 5.89. The Bertz CT molecular complexity index is 1160. The fraction of sp³-hybridized carbons (Fsp3) is 0.375. The number of hydrogen-bond donors (Lipinski definition) is 2. The van der Waals surface area contributed by atoms with E-state index in [4.69, 9.17) is 4.98 Å². The molecular weight excluding hydrogens is 436 g/mol. The number of aliphatic hydroxyl groups is 2. The number of nitrogens with zero attached hydrogens (tertiary/aromatic N) is 3. The molecule has 0 saturated heterocycles. The van der Waals surface area contributed by atoms with E-state index in [1.54, 1.807) is 22.9 Å². The first-order chi connectivity index (χ1) is 15.1. The second kappa shape index (κ2) is 11.4. The van der Waals surface area contributed by atoms with E-state index < -0.39 is 24.6 Å². The SMILES string of the molecule is Cc1nn(C)c2nc(C(C)C)c(/C=C/C(O)CC(O)CC(=O)[O-])c(-c3ccc(F)cc3)c12.[Na+]. The average Bonchev–Trinajstić information content (AvgIpc) is 2.98. The normalized spacial score (nSPS) is 13.5. The van der Waals surface area contributed by atoms with Crippen LogP contribution in [0.1, 0.15) is 49.6 Å². The van der Waals surface area contributed by atoms with Crippen LogP contribution in [0.25, 0.3) is 28.2 Å². The van der Waals surface area contributed by atoms with Gasteiger partial charge in [-0.25, -0.2) is 9.37 Å². The summed E-state index contributed by atoms with van der Waals surface area (Å²) in [7, 11) is 1.82. The molecule has 2 N–H and O–H groups in total. The number of aryl methyl sites for hydroxylation is 2. The van der Waals surface area contributed by atoms with E-state index in [0.717, 1.165) is 33.5 Å². The molecule has 170 valence electrons. The van der Waals surface area contributed by atoms with Gasteiger partial charge < -0.3 is 20.1 Å². The molecule has 0 aliphatic rings. The second-order valence-electron chi connectivity index (χ2n) is 8.25. The van der Waals surface area contributed by atoms with Gasteiger partial charge in [0.25, 0.3) is 0 Å². The molecule has 2 atom stereocenters. The van der Waals surface area contributed by atoms with E-state index in [-0.39, 0.29) is 47.7 Å². The second-order valence-corrected chi connectivity index (χ2v) is 8.25. The van der Waals surface area contributed by atoms with Gasteiger partial charge in [-0.05, 0) is 30.5 Å². The Kier molecular flexibility index (Phi) is 9.34. The van der Waals surface area contributed by atoms with Crippen LogP contribution in [0.3, 0.4) is 0 Å². The Labute approximate surface area is 214 Å². The van der Waals surface area contributed by atoms with Gasteiger partial charge in [0.15, 0.2) is 5.65 Å². The molecule has 1 aromatic carbocycles. The van der Waals surface area contributed by atoms with Gasteiger partial charge in [0, 0.05) is 37.0 Å². The first-order valence-electron chi connectivity index (χ1n) is 10.5. The number of carbonyl (C=O) groups excluding carboxylic acids is 1. The number of aliphatic carboxylic acids is 1. The summed E-state index contributed by atoms with van der Waals surface area (Å²) in [5, 5.41) is 36.1. The van der Waals surface area contributed by atoms with Gasteiger partial charge in [0.2, 0.25) is 0 Å². The van der Waals surface area contributed by atoms with Crippen LogP contribution in [0, 0.1) is 12.7 Å². The molecule has 7 nitrogen and oxygen atoms in total. The van der Waals surface area contributed by atoms with E-state index >= 15 is 0 Å². The molecule has 2 aromatic heterocycles. The first kappa shape index (κ1) is 27.1. The minimum Gasteiger partial charge on any atom is -0.550 e. The van der Waals surface area contributed by atoms with Gasteiger partial charge in [-0.1, -0.05) is 38.1 Å². The number of carboxylic acid groups (broad SMARTS) is 1. The Morgan fingerprint density at radius 2 is 1.88 bits per heavy atom. The number of pyridine rings is 1. The number of halogens is 1. The zero-order valence-corrected chi connectivity index (χ0v) is 21.5. The quantitative estimate of drug-likeness (QED) is 0.435. The van der Waals surface area contributed by atoms with Crippen LogP contribution >= 0.6 is 0 Å². The van der Waals surface area contributed by atoms with E-state index in [0.29, 0.717) is 5.65 Å². The summed E-state index contributed by atoms with van der Waals surface area (Å²) >= 11 is 0. The van der Waals surface area contributed by atoms with Crippen LogP contribution in [0.15, 0.2) is 30.3 Å². The maximum atomic E-state index is 13.6. The van der Waals surface area contributed by atoms with Gasteiger partial charge in [-0.2, -0.15) is 5.10 Å². The van der Waals surface area contributed by atoms with E-state index in [2.05, 4.69) is 5.10 Å². The summed E-state index contributed by atoms with van der Waals surface area (Å²) < 4.78 is 15.3. The van der Waals surface area contributed by atoms with E-state index in [1.807, 2.05) is 27.8 Å². The third kappa shape index (κ3) is 6.28. The number of carboxylic acids is 1. The van der Waals surface area contributed by atoms with Crippen molar-refractivity contribution in [3.8, 4) is 11.1 Å². The molecule has 0 radical (unpaired) electrons.